The van der Waals surface area contributed by atoms with E-state index in [1.165, 1.54) is 32.2 Å². The van der Waals surface area contributed by atoms with Crippen LogP contribution in [0.25, 0.3) is 0 Å². The van der Waals surface area contributed by atoms with Crippen LogP contribution in [0.1, 0.15) is 22.3 Å². The summed E-state index contributed by atoms with van der Waals surface area (Å²) in [6.07, 6.45) is 0.495. The summed E-state index contributed by atoms with van der Waals surface area (Å²) < 4.78 is 65.6. The van der Waals surface area contributed by atoms with Gasteiger partial charge in [0.15, 0.2) is 11.6 Å². The van der Waals surface area contributed by atoms with Gasteiger partial charge < -0.3 is 14.8 Å². The molecule has 0 aliphatic carbocycles. The summed E-state index contributed by atoms with van der Waals surface area (Å²) in [7, 11) is -2.92. The highest BCUT2D eigenvalue weighted by atomic mass is 32.2. The van der Waals surface area contributed by atoms with Gasteiger partial charge >= 0.3 is 0 Å². The lowest BCUT2D eigenvalue weighted by Gasteiger charge is -2.15. The minimum Gasteiger partial charge on any atom is -0.493 e. The van der Waals surface area contributed by atoms with Crippen molar-refractivity contribution in [3.05, 3.63) is 53.1 Å². The van der Waals surface area contributed by atoms with E-state index in [9.17, 15) is 22.0 Å². The van der Waals surface area contributed by atoms with Gasteiger partial charge in [0.25, 0.3) is 5.91 Å². The van der Waals surface area contributed by atoms with Gasteiger partial charge in [-0.25, -0.2) is 21.9 Å². The largest absolute Gasteiger partial charge is 0.493 e. The molecule has 0 aromatic heterocycles. The summed E-state index contributed by atoms with van der Waals surface area (Å²) >= 11 is 0. The van der Waals surface area contributed by atoms with Gasteiger partial charge in [-0.15, -0.1) is 0 Å². The summed E-state index contributed by atoms with van der Waals surface area (Å²) in [5.41, 5.74) is 0.267. The number of nitrogens with one attached hydrogen (secondary N) is 2. The molecule has 1 saturated heterocycles. The number of sulfonamides is 1. The highest BCUT2D eigenvalue weighted by Crippen LogP contribution is 2.28. The number of hydrogen-bond donors (Lipinski definition) is 2. The highest BCUT2D eigenvalue weighted by molar-refractivity contribution is 7.89. The molecule has 1 unspecified atom stereocenters. The van der Waals surface area contributed by atoms with E-state index in [4.69, 9.17) is 9.47 Å². The minimum atomic E-state index is -4.09. The number of aryl methyl sites for hydroxylation is 1. The smallest absolute Gasteiger partial charge is 0.259 e. The molecule has 2 aromatic carbocycles. The summed E-state index contributed by atoms with van der Waals surface area (Å²) in [6, 6.07) is 5.31. The fourth-order valence-electron chi connectivity index (χ4n) is 2.94. The molecule has 7 nitrogen and oxygen atoms in total. The van der Waals surface area contributed by atoms with Crippen LogP contribution < -0.4 is 14.8 Å². The topological polar surface area (TPSA) is 93.7 Å². The molecule has 156 valence electrons. The number of ether oxygens (including phenoxy) is 2. The van der Waals surface area contributed by atoms with E-state index in [1.54, 1.807) is 0 Å². The van der Waals surface area contributed by atoms with Gasteiger partial charge in [0.2, 0.25) is 10.0 Å². The SMILES string of the molecule is COc1c(F)cc(S(=O)(=O)NC2CCOC2)cc1C(=O)Nc1ccc(F)c(C)c1. The molecule has 2 N–H and O–H groups in total. The van der Waals surface area contributed by atoms with Crippen LogP contribution in [0.3, 0.4) is 0 Å². The summed E-state index contributed by atoms with van der Waals surface area (Å²) in [5, 5.41) is 2.49. The molecule has 0 spiro atoms. The Morgan fingerprint density at radius 2 is 1.97 bits per heavy atom. The van der Waals surface area contributed by atoms with Crippen molar-refractivity contribution >= 4 is 21.6 Å². The first kappa shape index (κ1) is 21.2. The summed E-state index contributed by atoms with van der Waals surface area (Å²) in [6.45, 7) is 2.17. The number of rotatable bonds is 6. The number of methoxy groups -OCH3 is 1. The number of carbonyl (C=O) groups excluding carboxylic acids is 1. The van der Waals surface area contributed by atoms with Crippen molar-refractivity contribution in [1.29, 1.82) is 0 Å². The number of benzene rings is 2. The summed E-state index contributed by atoms with van der Waals surface area (Å²) in [5.74, 6) is -2.64. The van der Waals surface area contributed by atoms with Crippen LogP contribution in [0.5, 0.6) is 5.75 Å². The van der Waals surface area contributed by atoms with E-state index >= 15 is 0 Å². The zero-order valence-corrected chi connectivity index (χ0v) is 16.6. The Morgan fingerprint density at radius 1 is 1.21 bits per heavy atom. The zero-order chi connectivity index (χ0) is 21.2. The third-order valence-electron chi connectivity index (χ3n) is 4.44. The van der Waals surface area contributed by atoms with Crippen molar-refractivity contribution in [2.24, 2.45) is 0 Å². The third-order valence-corrected chi connectivity index (χ3v) is 5.94. The van der Waals surface area contributed by atoms with Gasteiger partial charge in [0.05, 0.1) is 24.2 Å². The Bertz CT molecular complexity index is 1040. The van der Waals surface area contributed by atoms with Crippen molar-refractivity contribution in [3.63, 3.8) is 0 Å². The fourth-order valence-corrected chi connectivity index (χ4v) is 4.23. The molecule has 1 aliphatic heterocycles. The Labute approximate surface area is 167 Å². The molecule has 2 aromatic rings. The average Bonchev–Trinajstić information content (AvgIpc) is 3.16. The maximum atomic E-state index is 14.5. The average molecular weight is 426 g/mol. The van der Waals surface area contributed by atoms with E-state index in [-0.39, 0.29) is 17.9 Å². The molecule has 0 bridgehead atoms. The molecular formula is C19H20F2N2O5S. The second kappa shape index (κ2) is 8.44. The molecule has 3 rings (SSSR count). The second-order valence-electron chi connectivity index (χ2n) is 6.59. The summed E-state index contributed by atoms with van der Waals surface area (Å²) in [4.78, 5) is 12.3. The van der Waals surface area contributed by atoms with Crippen LogP contribution in [0, 0.1) is 18.6 Å². The van der Waals surface area contributed by atoms with Gasteiger partial charge in [-0.05, 0) is 49.2 Å². The maximum absolute atomic E-state index is 14.5. The lowest BCUT2D eigenvalue weighted by molar-refractivity contribution is 0.102. The van der Waals surface area contributed by atoms with Gasteiger partial charge in [0, 0.05) is 18.3 Å². The molecule has 1 amide bonds. The van der Waals surface area contributed by atoms with E-state index in [0.29, 0.717) is 18.6 Å². The van der Waals surface area contributed by atoms with Crippen molar-refractivity contribution in [2.75, 3.05) is 25.6 Å². The van der Waals surface area contributed by atoms with Crippen LogP contribution in [0.4, 0.5) is 14.5 Å². The van der Waals surface area contributed by atoms with Gasteiger partial charge in [-0.1, -0.05) is 0 Å². The van der Waals surface area contributed by atoms with Gasteiger partial charge in [-0.2, -0.15) is 0 Å². The molecule has 29 heavy (non-hydrogen) atoms. The van der Waals surface area contributed by atoms with Crippen molar-refractivity contribution in [3.8, 4) is 5.75 Å². The normalized spacial score (nSPS) is 16.6. The van der Waals surface area contributed by atoms with Gasteiger partial charge in [-0.3, -0.25) is 4.79 Å². The van der Waals surface area contributed by atoms with E-state index in [2.05, 4.69) is 10.0 Å². The number of carbonyl (C=O) groups is 1. The Balaban J connectivity index is 1.94. The third kappa shape index (κ3) is 4.72. The zero-order valence-electron chi connectivity index (χ0n) is 15.8. The number of hydrogen-bond acceptors (Lipinski definition) is 5. The van der Waals surface area contributed by atoms with Crippen LogP contribution in [-0.2, 0) is 14.8 Å². The van der Waals surface area contributed by atoms with E-state index in [1.807, 2.05) is 0 Å². The quantitative estimate of drug-likeness (QED) is 0.741. The molecular weight excluding hydrogens is 406 g/mol. The molecule has 1 aliphatic rings. The monoisotopic (exact) mass is 426 g/mol. The van der Waals surface area contributed by atoms with E-state index in [0.717, 1.165) is 12.1 Å². The lowest BCUT2D eigenvalue weighted by atomic mass is 10.1. The first-order valence-corrected chi connectivity index (χ1v) is 10.2. The predicted octanol–water partition coefficient (Wildman–Crippen LogP) is 2.60. The highest BCUT2D eigenvalue weighted by Gasteiger charge is 2.27. The minimum absolute atomic E-state index is 0.217. The van der Waals surface area contributed by atoms with Crippen LogP contribution >= 0.6 is 0 Å². The second-order valence-corrected chi connectivity index (χ2v) is 8.30. The van der Waals surface area contributed by atoms with Crippen LogP contribution in [-0.4, -0.2) is 40.7 Å². The van der Waals surface area contributed by atoms with Crippen molar-refractivity contribution in [1.82, 2.24) is 4.72 Å². The van der Waals surface area contributed by atoms with Gasteiger partial charge in [0.1, 0.15) is 5.82 Å². The molecule has 10 heteroatoms. The first-order valence-electron chi connectivity index (χ1n) is 8.76. The number of anilines is 1. The molecule has 1 atom stereocenters. The molecule has 1 heterocycles. The Morgan fingerprint density at radius 3 is 2.59 bits per heavy atom. The predicted molar refractivity (Wildman–Crippen MR) is 102 cm³/mol. The Kier molecular flexibility index (Phi) is 6.15. The number of amides is 1. The number of halogens is 2. The molecule has 0 radical (unpaired) electrons. The fraction of sp³-hybridized carbons (Fsp3) is 0.316. The lowest BCUT2D eigenvalue weighted by Crippen LogP contribution is -2.35. The van der Waals surface area contributed by atoms with Crippen molar-refractivity contribution < 1.29 is 31.5 Å². The van der Waals surface area contributed by atoms with Crippen molar-refractivity contribution in [2.45, 2.75) is 24.3 Å². The van der Waals surface area contributed by atoms with Crippen LogP contribution in [0.2, 0.25) is 0 Å². The standard InChI is InChI=1S/C19H20F2N2O5S/c1-11-7-12(3-4-16(11)20)22-19(24)15-8-14(9-17(21)18(15)27-2)29(25,26)23-13-5-6-28-10-13/h3-4,7-9,13,23H,5-6,10H2,1-2H3,(H,22,24). The molecule has 0 saturated carbocycles. The van der Waals surface area contributed by atoms with E-state index < -0.39 is 44.3 Å². The molecule has 1 fully saturated rings. The Hall–Kier alpha value is -2.56. The first-order chi connectivity index (χ1) is 13.7. The maximum Gasteiger partial charge on any atom is 0.259 e. The van der Waals surface area contributed by atoms with Crippen LogP contribution in [0.15, 0.2) is 35.2 Å².